The van der Waals surface area contributed by atoms with Gasteiger partial charge in [-0.1, -0.05) is 18.2 Å². The largest absolute Gasteiger partial charge is 0.441 e. The Hall–Kier alpha value is -3.42. The number of halogens is 3. The molecular formula is C30H36F3N3O6S. The Balaban J connectivity index is 1.42. The third-order valence-electron chi connectivity index (χ3n) is 7.71. The molecule has 2 aliphatic rings. The van der Waals surface area contributed by atoms with Crippen LogP contribution in [0.1, 0.15) is 54.9 Å². The standard InChI is InChI=1S/C30H36F3N3O6S/c1-20-6-3-4-13-35(14-11-27(38)34-28(20)23-7-5-8-24(17-23)30(31,32)33)43(40,41)15-12-22-9-10-25(16-21(22)2)36-18-26(19-37)42-29(36)39/h5,7-10,16-17,26,37H,3-4,6,11-15,18-19H2,1-2H3,(H,34,38)/b28-20+. The number of aryl methyl sites for hydroxylation is 2. The highest BCUT2D eigenvalue weighted by atomic mass is 32.2. The molecule has 13 heteroatoms. The average Bonchev–Trinajstić information content (AvgIpc) is 3.33. The Labute approximate surface area is 249 Å². The van der Waals surface area contributed by atoms with Gasteiger partial charge in [-0.3, -0.25) is 9.69 Å². The molecule has 0 aliphatic carbocycles. The zero-order valence-corrected chi connectivity index (χ0v) is 24.9. The molecule has 0 saturated carbocycles. The van der Waals surface area contributed by atoms with Gasteiger partial charge in [0.15, 0.2) is 0 Å². The van der Waals surface area contributed by atoms with Crippen LogP contribution in [0.25, 0.3) is 5.70 Å². The van der Waals surface area contributed by atoms with Crippen molar-refractivity contribution < 1.29 is 41.0 Å². The van der Waals surface area contributed by atoms with Gasteiger partial charge in [-0.25, -0.2) is 17.5 Å². The Morgan fingerprint density at radius 3 is 2.49 bits per heavy atom. The van der Waals surface area contributed by atoms with Crippen LogP contribution in [-0.4, -0.2) is 67.9 Å². The van der Waals surface area contributed by atoms with E-state index in [-0.39, 0.29) is 50.4 Å². The topological polar surface area (TPSA) is 116 Å². The van der Waals surface area contributed by atoms with Gasteiger partial charge in [-0.2, -0.15) is 13.2 Å². The summed E-state index contributed by atoms with van der Waals surface area (Å²) < 4.78 is 73.1. The number of sulfonamides is 1. The molecule has 9 nitrogen and oxygen atoms in total. The number of anilines is 1. The summed E-state index contributed by atoms with van der Waals surface area (Å²) >= 11 is 0. The van der Waals surface area contributed by atoms with Crippen LogP contribution in [0.3, 0.4) is 0 Å². The highest BCUT2D eigenvalue weighted by Crippen LogP contribution is 2.32. The summed E-state index contributed by atoms with van der Waals surface area (Å²) in [6, 6.07) is 10.1. The lowest BCUT2D eigenvalue weighted by Crippen LogP contribution is -2.37. The van der Waals surface area contributed by atoms with Crippen LogP contribution in [0.5, 0.6) is 0 Å². The number of nitrogens with zero attached hydrogens (tertiary/aromatic N) is 2. The molecule has 4 rings (SSSR count). The zero-order chi connectivity index (χ0) is 31.4. The first-order valence-corrected chi connectivity index (χ1v) is 15.7. The number of aliphatic hydroxyl groups excluding tert-OH is 1. The fourth-order valence-corrected chi connectivity index (χ4v) is 6.73. The van der Waals surface area contributed by atoms with Crippen LogP contribution in [0.15, 0.2) is 48.0 Å². The predicted octanol–water partition coefficient (Wildman–Crippen LogP) is 4.63. The Kier molecular flexibility index (Phi) is 10.2. The van der Waals surface area contributed by atoms with E-state index in [9.17, 15) is 36.3 Å². The number of nitrogens with one attached hydrogen (secondary N) is 1. The Morgan fingerprint density at radius 1 is 1.05 bits per heavy atom. The minimum atomic E-state index is -4.52. The van der Waals surface area contributed by atoms with E-state index in [2.05, 4.69) is 5.32 Å². The van der Waals surface area contributed by atoms with Crippen molar-refractivity contribution in [3.63, 3.8) is 0 Å². The second-order valence-electron chi connectivity index (χ2n) is 10.9. The molecule has 1 saturated heterocycles. The van der Waals surface area contributed by atoms with Crippen molar-refractivity contribution in [2.45, 2.75) is 58.2 Å². The molecule has 2 N–H and O–H groups in total. The third kappa shape index (κ3) is 8.15. The number of amides is 2. The van der Waals surface area contributed by atoms with Crippen molar-refractivity contribution in [3.05, 3.63) is 70.3 Å². The second kappa shape index (κ2) is 13.5. The van der Waals surface area contributed by atoms with Crippen LogP contribution in [-0.2, 0) is 32.2 Å². The van der Waals surface area contributed by atoms with Gasteiger partial charge < -0.3 is 15.2 Å². The minimum Gasteiger partial charge on any atom is -0.441 e. The number of carbonyl (C=O) groups is 2. The van der Waals surface area contributed by atoms with Crippen molar-refractivity contribution in [3.8, 4) is 0 Å². The van der Waals surface area contributed by atoms with E-state index in [4.69, 9.17) is 4.74 Å². The zero-order valence-electron chi connectivity index (χ0n) is 24.1. The first-order chi connectivity index (χ1) is 20.3. The molecule has 1 atom stereocenters. The molecule has 1 fully saturated rings. The number of rotatable bonds is 7. The molecule has 0 spiro atoms. The van der Waals surface area contributed by atoms with Crippen LogP contribution >= 0.6 is 0 Å². The van der Waals surface area contributed by atoms with Gasteiger partial charge in [-0.05, 0) is 86.1 Å². The molecule has 2 aliphatic heterocycles. The molecule has 2 amide bonds. The molecule has 234 valence electrons. The lowest BCUT2D eigenvalue weighted by atomic mass is 10.0. The number of carbonyl (C=O) groups excluding carboxylic acids is 2. The highest BCUT2D eigenvalue weighted by Gasteiger charge is 2.33. The molecule has 1 unspecified atom stereocenters. The van der Waals surface area contributed by atoms with E-state index in [1.165, 1.54) is 21.3 Å². The van der Waals surface area contributed by atoms with Crippen LogP contribution in [0, 0.1) is 6.92 Å². The van der Waals surface area contributed by atoms with Gasteiger partial charge in [0.2, 0.25) is 15.9 Å². The number of alkyl halides is 3. The van der Waals surface area contributed by atoms with E-state index in [0.717, 1.165) is 28.8 Å². The SMILES string of the molecule is C/C1=C(/c2cccc(C(F)(F)F)c2)NC(=O)CCN(S(=O)(=O)CCc2ccc(N3CC(CO)OC3=O)cc2C)CCCC1. The second-order valence-corrected chi connectivity index (χ2v) is 13.0. The van der Waals surface area contributed by atoms with E-state index >= 15 is 0 Å². The van der Waals surface area contributed by atoms with E-state index < -0.39 is 39.9 Å². The van der Waals surface area contributed by atoms with Gasteiger partial charge in [0.1, 0.15) is 6.10 Å². The molecule has 2 aromatic carbocycles. The van der Waals surface area contributed by atoms with Gasteiger partial charge in [-0.15, -0.1) is 0 Å². The number of cyclic esters (lactones) is 1. The van der Waals surface area contributed by atoms with E-state index in [1.54, 1.807) is 25.1 Å². The van der Waals surface area contributed by atoms with Gasteiger partial charge in [0.25, 0.3) is 0 Å². The predicted molar refractivity (Wildman–Crippen MR) is 156 cm³/mol. The van der Waals surface area contributed by atoms with Crippen molar-refractivity contribution in [1.29, 1.82) is 0 Å². The van der Waals surface area contributed by atoms with E-state index in [0.29, 0.717) is 30.6 Å². The van der Waals surface area contributed by atoms with Gasteiger partial charge in [0, 0.05) is 30.9 Å². The Bertz CT molecular complexity index is 1490. The third-order valence-corrected chi connectivity index (χ3v) is 9.58. The summed E-state index contributed by atoms with van der Waals surface area (Å²) in [6.45, 7) is 3.70. The highest BCUT2D eigenvalue weighted by molar-refractivity contribution is 7.89. The number of hydrogen-bond donors (Lipinski definition) is 2. The Morgan fingerprint density at radius 2 is 1.81 bits per heavy atom. The summed E-state index contributed by atoms with van der Waals surface area (Å²) in [7, 11) is -3.75. The number of aliphatic hydroxyl groups is 1. The van der Waals surface area contributed by atoms with Crippen molar-refractivity contribution in [2.24, 2.45) is 0 Å². The first kappa shape index (κ1) is 32.5. The number of benzene rings is 2. The summed E-state index contributed by atoms with van der Waals surface area (Å²) in [6.07, 6.45) is -4.00. The molecule has 2 heterocycles. The average molecular weight is 624 g/mol. The molecule has 0 bridgehead atoms. The molecule has 0 radical (unpaired) electrons. The molecular weight excluding hydrogens is 587 g/mol. The summed E-state index contributed by atoms with van der Waals surface area (Å²) in [5, 5.41) is 12.0. The maximum Gasteiger partial charge on any atom is 0.416 e. The molecule has 43 heavy (non-hydrogen) atoms. The van der Waals surface area contributed by atoms with Crippen LogP contribution < -0.4 is 10.2 Å². The normalized spacial score (nSPS) is 21.3. The summed E-state index contributed by atoms with van der Waals surface area (Å²) in [5.74, 6) is -0.663. The molecule has 2 aromatic rings. The van der Waals surface area contributed by atoms with Crippen LogP contribution in [0.4, 0.5) is 23.7 Å². The minimum absolute atomic E-state index is 0.0515. The number of hydrogen-bond acceptors (Lipinski definition) is 6. The van der Waals surface area contributed by atoms with Crippen molar-refractivity contribution >= 4 is 33.4 Å². The fraction of sp³-hybridized carbons (Fsp3) is 0.467. The maximum atomic E-state index is 13.4. The molecule has 0 aromatic heterocycles. The van der Waals surface area contributed by atoms with Gasteiger partial charge >= 0.3 is 12.3 Å². The smallest absolute Gasteiger partial charge is 0.416 e. The lowest BCUT2D eigenvalue weighted by molar-refractivity contribution is -0.137. The summed E-state index contributed by atoms with van der Waals surface area (Å²) in [5.41, 5.74) is 2.66. The van der Waals surface area contributed by atoms with Crippen molar-refractivity contribution in [2.75, 3.05) is 36.9 Å². The quantitative estimate of drug-likeness (QED) is 0.465. The van der Waals surface area contributed by atoms with Crippen LogP contribution in [0.2, 0.25) is 0 Å². The monoisotopic (exact) mass is 623 g/mol. The van der Waals surface area contributed by atoms with Crippen molar-refractivity contribution in [1.82, 2.24) is 9.62 Å². The number of ether oxygens (including phenoxy) is 1. The van der Waals surface area contributed by atoms with Gasteiger partial charge in [0.05, 0.1) is 24.5 Å². The van der Waals surface area contributed by atoms with E-state index in [1.807, 2.05) is 6.92 Å². The fourth-order valence-electron chi connectivity index (χ4n) is 5.22. The maximum absolute atomic E-state index is 13.4. The summed E-state index contributed by atoms with van der Waals surface area (Å²) in [4.78, 5) is 26.4. The lowest BCUT2D eigenvalue weighted by Gasteiger charge is -2.22. The first-order valence-electron chi connectivity index (χ1n) is 14.1. The number of allylic oxidation sites excluding steroid dienone is 1.